The quantitative estimate of drug-likeness (QED) is 0.368. The van der Waals surface area contributed by atoms with Gasteiger partial charge in [0.1, 0.15) is 0 Å². The van der Waals surface area contributed by atoms with Crippen molar-refractivity contribution in [1.82, 2.24) is 16.0 Å². The van der Waals surface area contributed by atoms with E-state index in [0.29, 0.717) is 6.17 Å². The lowest BCUT2D eigenvalue weighted by atomic mass is 10.3. The molecule has 86 valence electrons. The van der Waals surface area contributed by atoms with E-state index < -0.39 is 0 Å². The van der Waals surface area contributed by atoms with Gasteiger partial charge in [0.2, 0.25) is 0 Å². The van der Waals surface area contributed by atoms with Crippen LogP contribution >= 0.6 is 0 Å². The zero-order valence-electron chi connectivity index (χ0n) is 10.0. The van der Waals surface area contributed by atoms with Crippen LogP contribution < -0.4 is 16.0 Å². The second-order valence-corrected chi connectivity index (χ2v) is 3.66. The summed E-state index contributed by atoms with van der Waals surface area (Å²) in [5.74, 6) is 0. The van der Waals surface area contributed by atoms with Crippen LogP contribution in [0.1, 0.15) is 40.0 Å². The van der Waals surface area contributed by atoms with Crippen LogP contribution in [0.5, 0.6) is 0 Å². The van der Waals surface area contributed by atoms with Crippen molar-refractivity contribution in [3.8, 4) is 0 Å². The van der Waals surface area contributed by atoms with E-state index in [-0.39, 0.29) is 0 Å². The summed E-state index contributed by atoms with van der Waals surface area (Å²) in [6, 6.07) is 0. The first-order valence-corrected chi connectivity index (χ1v) is 6.02. The molecule has 0 unspecified atom stereocenters. The molecule has 0 radical (unpaired) electrons. The summed E-state index contributed by atoms with van der Waals surface area (Å²) in [6.45, 7) is 10.9. The molecule has 3 N–H and O–H groups in total. The predicted molar refractivity (Wildman–Crippen MR) is 63.5 cm³/mol. The average Bonchev–Trinajstić information content (AvgIpc) is 2.21. The maximum atomic E-state index is 3.49. The normalized spacial score (nSPS) is 11.1. The Labute approximate surface area is 89.0 Å². The Morgan fingerprint density at radius 2 is 1.29 bits per heavy atom. The van der Waals surface area contributed by atoms with Crippen molar-refractivity contribution in [2.75, 3.05) is 26.2 Å². The lowest BCUT2D eigenvalue weighted by molar-refractivity contribution is 0.402. The molecule has 0 heterocycles. The van der Waals surface area contributed by atoms with Gasteiger partial charge in [0, 0.05) is 6.54 Å². The van der Waals surface area contributed by atoms with Crippen LogP contribution in [-0.2, 0) is 0 Å². The van der Waals surface area contributed by atoms with Gasteiger partial charge < -0.3 is 16.0 Å². The molecule has 0 aliphatic heterocycles. The Morgan fingerprint density at radius 3 is 1.71 bits per heavy atom. The van der Waals surface area contributed by atoms with Crippen LogP contribution in [0.4, 0.5) is 0 Å². The molecule has 0 spiro atoms. The van der Waals surface area contributed by atoms with Crippen molar-refractivity contribution in [3.63, 3.8) is 0 Å². The molecule has 0 saturated carbocycles. The number of rotatable bonds is 10. The van der Waals surface area contributed by atoms with Crippen molar-refractivity contribution < 1.29 is 0 Å². The standard InChI is InChI=1S/C11H27N3/c1-4-7-12-10-11(13-8-5-2)14-9-6-3/h11-14H,4-10H2,1-3H3. The topological polar surface area (TPSA) is 36.1 Å². The molecule has 14 heavy (non-hydrogen) atoms. The molecule has 0 aromatic rings. The highest BCUT2D eigenvalue weighted by molar-refractivity contribution is 4.66. The second kappa shape index (κ2) is 11.0. The summed E-state index contributed by atoms with van der Waals surface area (Å²) >= 11 is 0. The SMILES string of the molecule is CCCNCC(NCCC)NCCC. The van der Waals surface area contributed by atoms with Crippen LogP contribution in [0.25, 0.3) is 0 Å². The predicted octanol–water partition coefficient (Wildman–Crippen LogP) is 1.31. The van der Waals surface area contributed by atoms with Crippen molar-refractivity contribution >= 4 is 0 Å². The Kier molecular flexibility index (Phi) is 10.9. The monoisotopic (exact) mass is 201 g/mol. The van der Waals surface area contributed by atoms with Crippen LogP contribution in [-0.4, -0.2) is 32.3 Å². The third kappa shape index (κ3) is 8.48. The van der Waals surface area contributed by atoms with Crippen molar-refractivity contribution in [2.24, 2.45) is 0 Å². The zero-order chi connectivity index (χ0) is 10.6. The van der Waals surface area contributed by atoms with Crippen LogP contribution in [0.2, 0.25) is 0 Å². The summed E-state index contributed by atoms with van der Waals surface area (Å²) in [7, 11) is 0. The third-order valence-corrected chi connectivity index (χ3v) is 2.06. The smallest absolute Gasteiger partial charge is 0.0700 e. The molecule has 0 aromatic carbocycles. The molecule has 3 nitrogen and oxygen atoms in total. The molecule has 0 bridgehead atoms. The highest BCUT2D eigenvalue weighted by Gasteiger charge is 2.03. The van der Waals surface area contributed by atoms with E-state index in [2.05, 4.69) is 36.7 Å². The summed E-state index contributed by atoms with van der Waals surface area (Å²) < 4.78 is 0. The lowest BCUT2D eigenvalue weighted by Gasteiger charge is -2.20. The Balaban J connectivity index is 3.49. The van der Waals surface area contributed by atoms with E-state index in [1.165, 1.54) is 19.3 Å². The average molecular weight is 201 g/mol. The molecule has 0 rings (SSSR count). The van der Waals surface area contributed by atoms with Gasteiger partial charge in [-0.1, -0.05) is 20.8 Å². The fourth-order valence-corrected chi connectivity index (χ4v) is 1.28. The van der Waals surface area contributed by atoms with Gasteiger partial charge in [0.05, 0.1) is 6.17 Å². The Bertz CT molecular complexity index is 98.7. The molecule has 0 amide bonds. The number of nitrogens with one attached hydrogen (secondary N) is 3. The van der Waals surface area contributed by atoms with Gasteiger partial charge >= 0.3 is 0 Å². The van der Waals surface area contributed by atoms with Gasteiger partial charge in [-0.05, 0) is 38.9 Å². The van der Waals surface area contributed by atoms with Crippen molar-refractivity contribution in [1.29, 1.82) is 0 Å². The van der Waals surface area contributed by atoms with Gasteiger partial charge in [-0.3, -0.25) is 0 Å². The van der Waals surface area contributed by atoms with Gasteiger partial charge in [-0.25, -0.2) is 0 Å². The third-order valence-electron chi connectivity index (χ3n) is 2.06. The summed E-state index contributed by atoms with van der Waals surface area (Å²) in [5, 5.41) is 10.4. The van der Waals surface area contributed by atoms with Crippen LogP contribution in [0.15, 0.2) is 0 Å². The molecular formula is C11H27N3. The first-order chi connectivity index (χ1) is 6.85. The molecule has 3 heteroatoms. The molecule has 0 fully saturated rings. The lowest BCUT2D eigenvalue weighted by Crippen LogP contribution is -2.49. The van der Waals surface area contributed by atoms with Crippen LogP contribution in [0, 0.1) is 0 Å². The van der Waals surface area contributed by atoms with Gasteiger partial charge in [-0.2, -0.15) is 0 Å². The molecule has 0 atom stereocenters. The molecular weight excluding hydrogens is 174 g/mol. The Hall–Kier alpha value is -0.120. The number of hydrogen-bond acceptors (Lipinski definition) is 3. The van der Waals surface area contributed by atoms with Crippen LogP contribution in [0.3, 0.4) is 0 Å². The summed E-state index contributed by atoms with van der Waals surface area (Å²) in [4.78, 5) is 0. The second-order valence-electron chi connectivity index (χ2n) is 3.66. The van der Waals surface area contributed by atoms with Crippen molar-refractivity contribution in [2.45, 2.75) is 46.2 Å². The van der Waals surface area contributed by atoms with E-state index >= 15 is 0 Å². The largest absolute Gasteiger partial charge is 0.314 e. The summed E-state index contributed by atoms with van der Waals surface area (Å²) in [5.41, 5.74) is 0. The maximum absolute atomic E-state index is 3.49. The van der Waals surface area contributed by atoms with Gasteiger partial charge in [0.15, 0.2) is 0 Å². The molecule has 0 aliphatic rings. The van der Waals surface area contributed by atoms with E-state index in [4.69, 9.17) is 0 Å². The van der Waals surface area contributed by atoms with Gasteiger partial charge in [0.25, 0.3) is 0 Å². The first kappa shape index (κ1) is 13.9. The van der Waals surface area contributed by atoms with E-state index in [9.17, 15) is 0 Å². The summed E-state index contributed by atoms with van der Waals surface area (Å²) in [6.07, 6.45) is 4.02. The minimum Gasteiger partial charge on any atom is -0.314 e. The highest BCUT2D eigenvalue weighted by atomic mass is 15.1. The van der Waals surface area contributed by atoms with E-state index in [1.807, 2.05) is 0 Å². The molecule has 0 aliphatic carbocycles. The minimum atomic E-state index is 0.432. The maximum Gasteiger partial charge on any atom is 0.0700 e. The minimum absolute atomic E-state index is 0.432. The molecule has 0 aromatic heterocycles. The zero-order valence-corrected chi connectivity index (χ0v) is 10.0. The van der Waals surface area contributed by atoms with E-state index in [0.717, 1.165) is 26.2 Å². The Morgan fingerprint density at radius 1 is 0.786 bits per heavy atom. The van der Waals surface area contributed by atoms with E-state index in [1.54, 1.807) is 0 Å². The highest BCUT2D eigenvalue weighted by Crippen LogP contribution is 1.81. The number of hydrogen-bond donors (Lipinski definition) is 3. The first-order valence-electron chi connectivity index (χ1n) is 6.02. The van der Waals surface area contributed by atoms with Gasteiger partial charge in [-0.15, -0.1) is 0 Å². The van der Waals surface area contributed by atoms with Crippen molar-refractivity contribution in [3.05, 3.63) is 0 Å². The fourth-order valence-electron chi connectivity index (χ4n) is 1.28. The molecule has 0 saturated heterocycles. The fraction of sp³-hybridized carbons (Fsp3) is 1.00.